The Morgan fingerprint density at radius 3 is 2.85 bits per heavy atom. The molecule has 3 rings (SSSR count). The van der Waals surface area contributed by atoms with E-state index in [4.69, 9.17) is 9.47 Å². The number of hydrogen-bond acceptors (Lipinski definition) is 4. The summed E-state index contributed by atoms with van der Waals surface area (Å²) in [4.78, 5) is 2.61. The van der Waals surface area contributed by atoms with Gasteiger partial charge in [0.2, 0.25) is 0 Å². The first-order chi connectivity index (χ1) is 12.6. The van der Waals surface area contributed by atoms with Crippen LogP contribution in [-0.2, 0) is 14.9 Å². The number of benzene rings is 1. The number of ether oxygens (including phenoxy) is 2. The predicted octanol–water partition coefficient (Wildman–Crippen LogP) is 3.89. The van der Waals surface area contributed by atoms with Gasteiger partial charge in [0.25, 0.3) is 0 Å². The second-order valence-corrected chi connectivity index (χ2v) is 8.14. The quantitative estimate of drug-likeness (QED) is 0.748. The maximum Gasteiger partial charge on any atom is 0.115 e. The number of hydrogen-bond donors (Lipinski definition) is 1. The fourth-order valence-electron chi connectivity index (χ4n) is 5.44. The molecule has 0 spiro atoms. The summed E-state index contributed by atoms with van der Waals surface area (Å²) in [5.41, 5.74) is 2.96. The molecule has 4 heteroatoms. The first-order valence-corrected chi connectivity index (χ1v) is 10.2. The molecule has 0 bridgehead atoms. The van der Waals surface area contributed by atoms with E-state index >= 15 is 0 Å². The Morgan fingerprint density at radius 2 is 2.04 bits per heavy atom. The Hall–Kier alpha value is -1.10. The van der Waals surface area contributed by atoms with E-state index in [-0.39, 0.29) is 5.41 Å². The van der Waals surface area contributed by atoms with Gasteiger partial charge in [-0.1, -0.05) is 18.9 Å². The second-order valence-electron chi connectivity index (χ2n) is 8.14. The Labute approximate surface area is 158 Å². The van der Waals surface area contributed by atoms with Crippen molar-refractivity contribution in [2.75, 3.05) is 40.0 Å². The second kappa shape index (κ2) is 8.73. The highest BCUT2D eigenvalue weighted by atomic mass is 16.5. The van der Waals surface area contributed by atoms with Crippen molar-refractivity contribution >= 4 is 0 Å². The van der Waals surface area contributed by atoms with E-state index in [1.165, 1.54) is 43.2 Å². The van der Waals surface area contributed by atoms with E-state index in [2.05, 4.69) is 24.8 Å². The van der Waals surface area contributed by atoms with Crippen molar-refractivity contribution in [2.45, 2.75) is 57.4 Å². The highest BCUT2D eigenvalue weighted by Crippen LogP contribution is 2.52. The standard InChI is InChI=1S/C22H35NO3/c1-17-7-8-19(24)16-21(17)22-9-5-4-6-20(22)18(2)23(11-10-22)12-13-26-15-14-25-3/h7-8,16,18,20,24H,4-6,9-15H2,1-3H3/t18-,20+,22-/m1/s1. The molecule has 1 N–H and O–H groups in total. The molecule has 0 aromatic heterocycles. The lowest BCUT2D eigenvalue weighted by Crippen LogP contribution is -2.57. The number of fused-ring (bicyclic) bond motifs is 1. The number of phenols is 1. The van der Waals surface area contributed by atoms with Gasteiger partial charge in [-0.05, 0) is 68.8 Å². The lowest BCUT2D eigenvalue weighted by molar-refractivity contribution is -0.0125. The van der Waals surface area contributed by atoms with Crippen molar-refractivity contribution in [3.8, 4) is 5.75 Å². The molecule has 2 fully saturated rings. The fraction of sp³-hybridized carbons (Fsp3) is 0.727. The van der Waals surface area contributed by atoms with E-state index < -0.39 is 0 Å². The van der Waals surface area contributed by atoms with Gasteiger partial charge in [-0.25, -0.2) is 0 Å². The van der Waals surface area contributed by atoms with E-state index in [9.17, 15) is 5.11 Å². The van der Waals surface area contributed by atoms with Crippen molar-refractivity contribution < 1.29 is 14.6 Å². The Bertz CT molecular complexity index is 591. The molecule has 1 aliphatic heterocycles. The average Bonchev–Trinajstić information content (AvgIpc) is 2.65. The van der Waals surface area contributed by atoms with Gasteiger partial charge < -0.3 is 14.6 Å². The first-order valence-electron chi connectivity index (χ1n) is 10.2. The molecule has 0 radical (unpaired) electrons. The van der Waals surface area contributed by atoms with Crippen LogP contribution >= 0.6 is 0 Å². The zero-order valence-electron chi connectivity index (χ0n) is 16.7. The molecule has 1 saturated carbocycles. The van der Waals surface area contributed by atoms with Gasteiger partial charge in [0.05, 0.1) is 19.8 Å². The smallest absolute Gasteiger partial charge is 0.115 e. The van der Waals surface area contributed by atoms with Crippen LogP contribution in [0.3, 0.4) is 0 Å². The monoisotopic (exact) mass is 361 g/mol. The summed E-state index contributed by atoms with van der Waals surface area (Å²) in [5.74, 6) is 1.07. The third kappa shape index (κ3) is 3.92. The van der Waals surface area contributed by atoms with Crippen LogP contribution in [0.2, 0.25) is 0 Å². The molecule has 1 aromatic rings. The lowest BCUT2D eigenvalue weighted by atomic mass is 9.56. The Morgan fingerprint density at radius 1 is 1.19 bits per heavy atom. The molecule has 2 aliphatic rings. The minimum atomic E-state index is 0.230. The number of phenolic OH excluding ortho intramolecular Hbond substituents is 1. The first kappa shape index (κ1) is 19.7. The van der Waals surface area contributed by atoms with Crippen LogP contribution in [0.5, 0.6) is 5.75 Å². The van der Waals surface area contributed by atoms with Crippen molar-refractivity contribution in [3.63, 3.8) is 0 Å². The van der Waals surface area contributed by atoms with Crippen LogP contribution in [0, 0.1) is 12.8 Å². The van der Waals surface area contributed by atoms with Gasteiger partial charge >= 0.3 is 0 Å². The van der Waals surface area contributed by atoms with Crippen LogP contribution in [0.4, 0.5) is 0 Å². The summed E-state index contributed by atoms with van der Waals surface area (Å²) >= 11 is 0. The van der Waals surface area contributed by atoms with Gasteiger partial charge in [0.15, 0.2) is 0 Å². The largest absolute Gasteiger partial charge is 0.508 e. The molecule has 1 saturated heterocycles. The molecule has 0 unspecified atom stereocenters. The Kier molecular flexibility index (Phi) is 6.60. The molecular weight excluding hydrogens is 326 g/mol. The molecule has 1 heterocycles. The number of methoxy groups -OCH3 is 1. The summed E-state index contributed by atoms with van der Waals surface area (Å²) in [6.07, 6.45) is 6.36. The molecule has 1 aliphatic carbocycles. The van der Waals surface area contributed by atoms with Crippen LogP contribution in [0.15, 0.2) is 18.2 Å². The topological polar surface area (TPSA) is 41.9 Å². The number of rotatable bonds is 7. The molecule has 26 heavy (non-hydrogen) atoms. The summed E-state index contributed by atoms with van der Waals surface area (Å²) in [6, 6.07) is 6.51. The van der Waals surface area contributed by atoms with Gasteiger partial charge in [0.1, 0.15) is 5.75 Å². The minimum Gasteiger partial charge on any atom is -0.508 e. The normalized spacial score (nSPS) is 29.5. The van der Waals surface area contributed by atoms with Crippen LogP contribution in [0.1, 0.15) is 50.2 Å². The van der Waals surface area contributed by atoms with E-state index in [0.717, 1.165) is 19.7 Å². The third-order valence-corrected chi connectivity index (χ3v) is 6.81. The van der Waals surface area contributed by atoms with Crippen LogP contribution < -0.4 is 0 Å². The molecule has 3 atom stereocenters. The van der Waals surface area contributed by atoms with Crippen molar-refractivity contribution in [1.82, 2.24) is 4.90 Å². The van der Waals surface area contributed by atoms with Crippen molar-refractivity contribution in [2.24, 2.45) is 5.92 Å². The van der Waals surface area contributed by atoms with Crippen molar-refractivity contribution in [1.29, 1.82) is 0 Å². The summed E-state index contributed by atoms with van der Waals surface area (Å²) in [6.45, 7) is 8.83. The zero-order valence-corrected chi connectivity index (χ0v) is 16.7. The fourth-order valence-corrected chi connectivity index (χ4v) is 5.44. The molecular formula is C22H35NO3. The molecule has 1 aromatic carbocycles. The van der Waals surface area contributed by atoms with Crippen LogP contribution in [-0.4, -0.2) is 56.1 Å². The van der Waals surface area contributed by atoms with Gasteiger partial charge in [-0.2, -0.15) is 0 Å². The third-order valence-electron chi connectivity index (χ3n) is 6.81. The molecule has 0 amide bonds. The number of aryl methyl sites for hydroxylation is 1. The SMILES string of the molecule is COCCOCCN1CC[C@]2(c3cc(O)ccc3C)CCCC[C@H]2[C@H]1C. The zero-order chi connectivity index (χ0) is 18.6. The number of nitrogens with zero attached hydrogens (tertiary/aromatic N) is 1. The summed E-state index contributed by atoms with van der Waals surface area (Å²) < 4.78 is 10.8. The number of aromatic hydroxyl groups is 1. The summed E-state index contributed by atoms with van der Waals surface area (Å²) in [7, 11) is 1.71. The lowest BCUT2D eigenvalue weighted by Gasteiger charge is -2.55. The summed E-state index contributed by atoms with van der Waals surface area (Å²) in [5, 5.41) is 10.1. The highest BCUT2D eigenvalue weighted by Gasteiger charge is 2.49. The number of likely N-dealkylation sites (tertiary alicyclic amines) is 1. The maximum absolute atomic E-state index is 10.1. The molecule has 146 valence electrons. The van der Waals surface area contributed by atoms with Gasteiger partial charge in [0, 0.05) is 25.1 Å². The van der Waals surface area contributed by atoms with Crippen LogP contribution in [0.25, 0.3) is 0 Å². The Balaban J connectivity index is 1.74. The number of piperidine rings is 1. The minimum absolute atomic E-state index is 0.230. The van der Waals surface area contributed by atoms with Crippen molar-refractivity contribution in [3.05, 3.63) is 29.3 Å². The van der Waals surface area contributed by atoms with Gasteiger partial charge in [-0.15, -0.1) is 0 Å². The van der Waals surface area contributed by atoms with E-state index in [0.29, 0.717) is 30.9 Å². The highest BCUT2D eigenvalue weighted by molar-refractivity contribution is 5.41. The average molecular weight is 362 g/mol. The predicted molar refractivity (Wildman–Crippen MR) is 105 cm³/mol. The maximum atomic E-state index is 10.1. The van der Waals surface area contributed by atoms with E-state index in [1.54, 1.807) is 7.11 Å². The van der Waals surface area contributed by atoms with E-state index in [1.807, 2.05) is 12.1 Å². The molecule has 4 nitrogen and oxygen atoms in total. The van der Waals surface area contributed by atoms with Gasteiger partial charge in [-0.3, -0.25) is 4.90 Å².